The Balaban J connectivity index is 1.50. The van der Waals surface area contributed by atoms with Gasteiger partial charge in [0, 0.05) is 24.7 Å². The van der Waals surface area contributed by atoms with E-state index in [1.165, 1.54) is 12.8 Å². The van der Waals surface area contributed by atoms with E-state index in [0.717, 1.165) is 12.4 Å². The fourth-order valence-corrected chi connectivity index (χ4v) is 4.43. The van der Waals surface area contributed by atoms with Gasteiger partial charge >= 0.3 is 0 Å². The van der Waals surface area contributed by atoms with Gasteiger partial charge in [0.05, 0.1) is 18.1 Å². The minimum Gasteiger partial charge on any atom is -0.493 e. The molecule has 1 amide bonds. The van der Waals surface area contributed by atoms with Crippen LogP contribution in [0.3, 0.4) is 0 Å². The molecule has 1 aromatic rings. The number of nitrogens with zero attached hydrogens (tertiary/aromatic N) is 1. The van der Waals surface area contributed by atoms with Gasteiger partial charge in [-0.1, -0.05) is 0 Å². The first-order valence-electron chi connectivity index (χ1n) is 8.35. The van der Waals surface area contributed by atoms with Gasteiger partial charge in [-0.3, -0.25) is 4.79 Å². The second-order valence-electron chi connectivity index (χ2n) is 6.78. The van der Waals surface area contributed by atoms with E-state index in [4.69, 9.17) is 4.74 Å². The first-order chi connectivity index (χ1) is 11.4. The van der Waals surface area contributed by atoms with Crippen LogP contribution in [0.1, 0.15) is 19.3 Å². The van der Waals surface area contributed by atoms with E-state index in [1.807, 2.05) is 36.2 Å². The minimum atomic E-state index is -3.04. The highest BCUT2D eigenvalue weighted by molar-refractivity contribution is 7.91. The van der Waals surface area contributed by atoms with Crippen molar-refractivity contribution in [1.29, 1.82) is 0 Å². The number of hydrogen-bond acceptors (Lipinski definition) is 5. The number of amides is 1. The summed E-state index contributed by atoms with van der Waals surface area (Å²) >= 11 is 0. The number of rotatable bonds is 6. The molecular formula is C17H24N2O4S. The van der Waals surface area contributed by atoms with E-state index in [0.29, 0.717) is 18.2 Å². The highest BCUT2D eigenvalue weighted by Gasteiger charge is 2.30. The summed E-state index contributed by atoms with van der Waals surface area (Å²) in [7, 11) is -1.18. The molecule has 1 aliphatic carbocycles. The number of carbonyl (C=O) groups is 1. The van der Waals surface area contributed by atoms with Crippen LogP contribution in [0.5, 0.6) is 5.75 Å². The van der Waals surface area contributed by atoms with Crippen LogP contribution in [0, 0.1) is 5.92 Å². The molecule has 132 valence electrons. The third kappa shape index (κ3) is 4.95. The lowest BCUT2D eigenvalue weighted by atomic mass is 10.2. The number of anilines is 1. The van der Waals surface area contributed by atoms with Gasteiger partial charge in [0.25, 0.3) is 0 Å². The summed E-state index contributed by atoms with van der Waals surface area (Å²) in [5.41, 5.74) is 0.695. The number of nitrogens with one attached hydrogen (secondary N) is 1. The number of carbonyl (C=O) groups excluding carboxylic acids is 1. The maximum Gasteiger partial charge on any atom is 0.225 e. The Labute approximate surface area is 143 Å². The Kier molecular flexibility index (Phi) is 5.10. The van der Waals surface area contributed by atoms with Crippen molar-refractivity contribution in [2.45, 2.75) is 25.3 Å². The molecule has 1 N–H and O–H groups in total. The van der Waals surface area contributed by atoms with Gasteiger partial charge in [-0.05, 0) is 50.1 Å². The topological polar surface area (TPSA) is 75.7 Å². The lowest BCUT2D eigenvalue weighted by Gasteiger charge is -2.31. The molecule has 1 aromatic carbocycles. The number of hydrogen-bond donors (Lipinski definition) is 1. The molecule has 24 heavy (non-hydrogen) atoms. The molecule has 0 radical (unpaired) electrons. The van der Waals surface area contributed by atoms with Crippen LogP contribution < -0.4 is 10.1 Å². The van der Waals surface area contributed by atoms with E-state index in [9.17, 15) is 13.2 Å². The molecule has 1 atom stereocenters. The lowest BCUT2D eigenvalue weighted by Crippen LogP contribution is -2.47. The second kappa shape index (κ2) is 7.11. The van der Waals surface area contributed by atoms with Crippen LogP contribution in [-0.4, -0.2) is 57.0 Å². The fraction of sp³-hybridized carbons (Fsp3) is 0.588. The molecule has 0 aromatic heterocycles. The summed E-state index contributed by atoms with van der Waals surface area (Å²) in [4.78, 5) is 14.1. The third-order valence-corrected chi connectivity index (χ3v) is 6.26. The first kappa shape index (κ1) is 17.2. The predicted molar refractivity (Wildman–Crippen MR) is 93.0 cm³/mol. The van der Waals surface area contributed by atoms with Crippen molar-refractivity contribution in [1.82, 2.24) is 4.90 Å². The Morgan fingerprint density at radius 2 is 2.00 bits per heavy atom. The summed E-state index contributed by atoms with van der Waals surface area (Å²) in [6.45, 7) is 1.24. The van der Waals surface area contributed by atoms with Crippen molar-refractivity contribution < 1.29 is 17.9 Å². The van der Waals surface area contributed by atoms with Crippen molar-refractivity contribution in [3.8, 4) is 5.75 Å². The zero-order chi connectivity index (χ0) is 17.2. The minimum absolute atomic E-state index is 0.0465. The van der Waals surface area contributed by atoms with Gasteiger partial charge in [-0.15, -0.1) is 0 Å². The summed E-state index contributed by atoms with van der Waals surface area (Å²) < 4.78 is 29.1. The Morgan fingerprint density at radius 1 is 1.29 bits per heavy atom. The van der Waals surface area contributed by atoms with Crippen LogP contribution in [0.4, 0.5) is 5.69 Å². The summed E-state index contributed by atoms with van der Waals surface area (Å²) in [6.07, 6.45) is 2.68. The maximum absolute atomic E-state index is 12.2. The lowest BCUT2D eigenvalue weighted by molar-refractivity contribution is -0.117. The van der Waals surface area contributed by atoms with Gasteiger partial charge < -0.3 is 15.0 Å². The predicted octanol–water partition coefficient (Wildman–Crippen LogP) is 1.53. The van der Waals surface area contributed by atoms with Crippen molar-refractivity contribution in [2.24, 2.45) is 5.92 Å². The fourth-order valence-electron chi connectivity index (χ4n) is 2.74. The highest BCUT2D eigenvalue weighted by Crippen LogP contribution is 2.29. The molecule has 2 fully saturated rings. The highest BCUT2D eigenvalue weighted by atomic mass is 32.2. The van der Waals surface area contributed by atoms with Crippen molar-refractivity contribution >= 4 is 21.4 Å². The smallest absolute Gasteiger partial charge is 0.225 e. The molecule has 1 saturated carbocycles. The molecule has 7 heteroatoms. The van der Waals surface area contributed by atoms with E-state index in [-0.39, 0.29) is 29.9 Å². The third-order valence-electron chi connectivity index (χ3n) is 4.57. The number of sulfone groups is 1. The molecule has 1 saturated heterocycles. The first-order valence-corrected chi connectivity index (χ1v) is 10.2. The molecule has 6 nitrogen and oxygen atoms in total. The summed E-state index contributed by atoms with van der Waals surface area (Å²) in [5, 5.41) is 2.83. The standard InChI is InChI=1S/C17H24N2O4S/c1-19-8-9-24(21,22)12-15(19)10-17(20)18-14-4-6-16(7-5-14)23-11-13-2-3-13/h4-7,13,15H,2-3,8-12H2,1H3,(H,18,20). The molecule has 0 bridgehead atoms. The molecule has 2 aliphatic rings. The average Bonchev–Trinajstić information content (AvgIpc) is 3.34. The van der Waals surface area contributed by atoms with Crippen LogP contribution >= 0.6 is 0 Å². The molecule has 0 spiro atoms. The monoisotopic (exact) mass is 352 g/mol. The normalized spacial score (nSPS) is 23.6. The van der Waals surface area contributed by atoms with Crippen LogP contribution in [0.15, 0.2) is 24.3 Å². The second-order valence-corrected chi connectivity index (χ2v) is 9.01. The van der Waals surface area contributed by atoms with Gasteiger partial charge in [0.15, 0.2) is 9.84 Å². The average molecular weight is 352 g/mol. The number of ether oxygens (including phenoxy) is 1. The molecule has 1 aliphatic heterocycles. The van der Waals surface area contributed by atoms with E-state index >= 15 is 0 Å². The van der Waals surface area contributed by atoms with Crippen molar-refractivity contribution in [2.75, 3.05) is 37.0 Å². The van der Waals surface area contributed by atoms with Gasteiger partial charge in [0.2, 0.25) is 5.91 Å². The van der Waals surface area contributed by atoms with E-state index in [2.05, 4.69) is 5.32 Å². The number of benzene rings is 1. The van der Waals surface area contributed by atoms with Gasteiger partial charge in [0.1, 0.15) is 5.75 Å². The summed E-state index contributed by atoms with van der Waals surface area (Å²) in [5.74, 6) is 1.55. The van der Waals surface area contributed by atoms with Crippen LogP contribution in [-0.2, 0) is 14.6 Å². The Morgan fingerprint density at radius 3 is 2.67 bits per heavy atom. The summed E-state index contributed by atoms with van der Waals surface area (Å²) in [6, 6.07) is 7.04. The van der Waals surface area contributed by atoms with Gasteiger partial charge in [-0.2, -0.15) is 0 Å². The molecule has 3 rings (SSSR count). The largest absolute Gasteiger partial charge is 0.493 e. The van der Waals surface area contributed by atoms with E-state index < -0.39 is 9.84 Å². The van der Waals surface area contributed by atoms with Crippen LogP contribution in [0.25, 0.3) is 0 Å². The molecule has 1 unspecified atom stereocenters. The Hall–Kier alpha value is -1.60. The maximum atomic E-state index is 12.2. The molecular weight excluding hydrogens is 328 g/mol. The SMILES string of the molecule is CN1CCS(=O)(=O)CC1CC(=O)Nc1ccc(OCC2CC2)cc1. The molecule has 1 heterocycles. The van der Waals surface area contributed by atoms with Gasteiger partial charge in [-0.25, -0.2) is 8.42 Å². The van der Waals surface area contributed by atoms with E-state index in [1.54, 1.807) is 0 Å². The zero-order valence-corrected chi connectivity index (χ0v) is 14.7. The van der Waals surface area contributed by atoms with Crippen molar-refractivity contribution in [3.63, 3.8) is 0 Å². The zero-order valence-electron chi connectivity index (χ0n) is 13.9. The Bertz CT molecular complexity index is 683. The van der Waals surface area contributed by atoms with Crippen molar-refractivity contribution in [3.05, 3.63) is 24.3 Å². The van der Waals surface area contributed by atoms with Crippen LogP contribution in [0.2, 0.25) is 0 Å². The quantitative estimate of drug-likeness (QED) is 0.840.